The molecule has 1 aromatic rings. The first-order valence-corrected chi connectivity index (χ1v) is 4.02. The van der Waals surface area contributed by atoms with E-state index in [2.05, 4.69) is 10.2 Å². The van der Waals surface area contributed by atoms with Crippen LogP contribution in [0.15, 0.2) is 18.2 Å². The first-order chi connectivity index (χ1) is 5.79. The third-order valence-electron chi connectivity index (χ3n) is 2.15. The SMILES string of the molecule is CN1CCNc2c(F)cccc21. The molecule has 0 aromatic heterocycles. The van der Waals surface area contributed by atoms with E-state index < -0.39 is 0 Å². The summed E-state index contributed by atoms with van der Waals surface area (Å²) in [5.74, 6) is -0.168. The van der Waals surface area contributed by atoms with Crippen LogP contribution in [0, 0.1) is 5.82 Å². The van der Waals surface area contributed by atoms with E-state index >= 15 is 0 Å². The van der Waals surface area contributed by atoms with Crippen LogP contribution in [0.2, 0.25) is 0 Å². The van der Waals surface area contributed by atoms with Crippen LogP contribution in [-0.4, -0.2) is 20.1 Å². The summed E-state index contributed by atoms with van der Waals surface area (Å²) in [5.41, 5.74) is 1.58. The topological polar surface area (TPSA) is 15.3 Å². The van der Waals surface area contributed by atoms with E-state index in [0.717, 1.165) is 18.8 Å². The molecular weight excluding hydrogens is 155 g/mol. The van der Waals surface area contributed by atoms with E-state index in [0.29, 0.717) is 5.69 Å². The molecule has 0 atom stereocenters. The molecule has 1 aliphatic heterocycles. The van der Waals surface area contributed by atoms with E-state index in [-0.39, 0.29) is 5.82 Å². The Hall–Kier alpha value is -1.25. The van der Waals surface area contributed by atoms with E-state index in [9.17, 15) is 4.39 Å². The molecule has 0 aliphatic carbocycles. The Morgan fingerprint density at radius 2 is 2.33 bits per heavy atom. The van der Waals surface area contributed by atoms with Crippen LogP contribution in [0.3, 0.4) is 0 Å². The predicted molar refractivity (Wildman–Crippen MR) is 48.2 cm³/mol. The normalized spacial score (nSPS) is 15.3. The summed E-state index contributed by atoms with van der Waals surface area (Å²) in [4.78, 5) is 2.05. The highest BCUT2D eigenvalue weighted by Crippen LogP contribution is 2.29. The second-order valence-electron chi connectivity index (χ2n) is 2.98. The molecule has 2 nitrogen and oxygen atoms in total. The van der Waals surface area contributed by atoms with Gasteiger partial charge in [0.25, 0.3) is 0 Å². The number of para-hydroxylation sites is 1. The summed E-state index contributed by atoms with van der Waals surface area (Å²) in [6, 6.07) is 5.13. The molecule has 0 amide bonds. The maximum absolute atomic E-state index is 13.2. The minimum Gasteiger partial charge on any atom is -0.379 e. The number of hydrogen-bond acceptors (Lipinski definition) is 2. The van der Waals surface area contributed by atoms with Crippen LogP contribution in [0.1, 0.15) is 0 Å². The van der Waals surface area contributed by atoms with Crippen molar-refractivity contribution in [2.75, 3.05) is 30.4 Å². The molecule has 1 aromatic carbocycles. The lowest BCUT2D eigenvalue weighted by Crippen LogP contribution is -2.30. The van der Waals surface area contributed by atoms with E-state index in [1.165, 1.54) is 6.07 Å². The number of fused-ring (bicyclic) bond motifs is 1. The van der Waals surface area contributed by atoms with Gasteiger partial charge >= 0.3 is 0 Å². The summed E-state index contributed by atoms with van der Waals surface area (Å²) >= 11 is 0. The van der Waals surface area contributed by atoms with Gasteiger partial charge in [-0.1, -0.05) is 6.07 Å². The number of rotatable bonds is 0. The van der Waals surface area contributed by atoms with E-state index in [1.54, 1.807) is 6.07 Å². The van der Waals surface area contributed by atoms with Gasteiger partial charge in [0.15, 0.2) is 0 Å². The molecule has 2 rings (SSSR count). The van der Waals surface area contributed by atoms with Crippen molar-refractivity contribution >= 4 is 11.4 Å². The van der Waals surface area contributed by atoms with Crippen LogP contribution in [0.5, 0.6) is 0 Å². The van der Waals surface area contributed by atoms with Gasteiger partial charge in [-0.15, -0.1) is 0 Å². The van der Waals surface area contributed by atoms with E-state index in [4.69, 9.17) is 0 Å². The highest BCUT2D eigenvalue weighted by Gasteiger charge is 2.15. The number of hydrogen-bond donors (Lipinski definition) is 1. The quantitative estimate of drug-likeness (QED) is 0.631. The van der Waals surface area contributed by atoms with Gasteiger partial charge in [0.1, 0.15) is 5.82 Å². The zero-order chi connectivity index (χ0) is 8.55. The highest BCUT2D eigenvalue weighted by molar-refractivity contribution is 5.72. The Bertz CT molecular complexity index is 299. The highest BCUT2D eigenvalue weighted by atomic mass is 19.1. The van der Waals surface area contributed by atoms with Crippen molar-refractivity contribution in [2.45, 2.75) is 0 Å². The molecule has 0 saturated carbocycles. The Morgan fingerprint density at radius 3 is 3.08 bits per heavy atom. The second kappa shape index (κ2) is 2.66. The van der Waals surface area contributed by atoms with Gasteiger partial charge in [-0.25, -0.2) is 4.39 Å². The molecule has 1 aliphatic rings. The molecule has 0 fully saturated rings. The number of anilines is 2. The Kier molecular flexibility index (Phi) is 1.64. The summed E-state index contributed by atoms with van der Waals surface area (Å²) in [6.07, 6.45) is 0. The fourth-order valence-electron chi connectivity index (χ4n) is 1.47. The summed E-state index contributed by atoms with van der Waals surface area (Å²) in [5, 5.41) is 3.04. The molecule has 0 unspecified atom stereocenters. The number of nitrogens with zero attached hydrogens (tertiary/aromatic N) is 1. The number of halogens is 1. The largest absolute Gasteiger partial charge is 0.379 e. The van der Waals surface area contributed by atoms with E-state index in [1.807, 2.05) is 13.1 Å². The number of likely N-dealkylation sites (N-methyl/N-ethyl adjacent to an activating group) is 1. The third-order valence-corrected chi connectivity index (χ3v) is 2.15. The van der Waals surface area contributed by atoms with Crippen LogP contribution < -0.4 is 10.2 Å². The fraction of sp³-hybridized carbons (Fsp3) is 0.333. The lowest BCUT2D eigenvalue weighted by Gasteiger charge is -2.28. The Morgan fingerprint density at radius 1 is 1.50 bits per heavy atom. The van der Waals surface area contributed by atoms with Crippen LogP contribution in [0.4, 0.5) is 15.8 Å². The maximum atomic E-state index is 13.2. The fourth-order valence-corrected chi connectivity index (χ4v) is 1.47. The lowest BCUT2D eigenvalue weighted by molar-refractivity contribution is 0.627. The lowest BCUT2D eigenvalue weighted by atomic mass is 10.2. The monoisotopic (exact) mass is 166 g/mol. The Labute approximate surface area is 71.0 Å². The summed E-state index contributed by atoms with van der Waals surface area (Å²) in [6.45, 7) is 1.74. The van der Waals surface area contributed by atoms with Crippen LogP contribution in [-0.2, 0) is 0 Å². The molecule has 12 heavy (non-hydrogen) atoms. The molecular formula is C9H11FN2. The molecule has 0 bridgehead atoms. The molecule has 1 N–H and O–H groups in total. The van der Waals surface area contributed by atoms with Crippen LogP contribution >= 0.6 is 0 Å². The van der Waals surface area contributed by atoms with Gasteiger partial charge in [-0.2, -0.15) is 0 Å². The zero-order valence-corrected chi connectivity index (χ0v) is 6.97. The van der Waals surface area contributed by atoms with Gasteiger partial charge in [0, 0.05) is 20.1 Å². The van der Waals surface area contributed by atoms with Crippen molar-refractivity contribution in [1.82, 2.24) is 0 Å². The van der Waals surface area contributed by atoms with Crippen molar-refractivity contribution in [1.29, 1.82) is 0 Å². The van der Waals surface area contributed by atoms with Crippen molar-refractivity contribution < 1.29 is 4.39 Å². The first kappa shape index (κ1) is 7.40. The number of benzene rings is 1. The van der Waals surface area contributed by atoms with Gasteiger partial charge in [-0.05, 0) is 12.1 Å². The average molecular weight is 166 g/mol. The number of nitrogens with one attached hydrogen (secondary N) is 1. The summed E-state index contributed by atoms with van der Waals surface area (Å²) < 4.78 is 13.2. The summed E-state index contributed by atoms with van der Waals surface area (Å²) in [7, 11) is 1.97. The molecule has 0 saturated heterocycles. The van der Waals surface area contributed by atoms with Crippen molar-refractivity contribution in [3.8, 4) is 0 Å². The molecule has 0 spiro atoms. The van der Waals surface area contributed by atoms with Crippen molar-refractivity contribution in [2.24, 2.45) is 0 Å². The standard InChI is InChI=1S/C9H11FN2/c1-12-6-5-11-9-7(10)3-2-4-8(9)12/h2-4,11H,5-6H2,1H3. The second-order valence-corrected chi connectivity index (χ2v) is 2.98. The molecule has 3 heteroatoms. The van der Waals surface area contributed by atoms with Gasteiger partial charge in [-0.3, -0.25) is 0 Å². The van der Waals surface area contributed by atoms with Crippen molar-refractivity contribution in [3.05, 3.63) is 24.0 Å². The Balaban J connectivity index is 2.52. The smallest absolute Gasteiger partial charge is 0.148 e. The molecule has 0 radical (unpaired) electrons. The zero-order valence-electron chi connectivity index (χ0n) is 6.97. The maximum Gasteiger partial charge on any atom is 0.148 e. The van der Waals surface area contributed by atoms with Gasteiger partial charge < -0.3 is 10.2 Å². The minimum atomic E-state index is -0.168. The predicted octanol–water partition coefficient (Wildman–Crippen LogP) is 1.69. The third kappa shape index (κ3) is 1.02. The molecule has 64 valence electrons. The van der Waals surface area contributed by atoms with Crippen molar-refractivity contribution in [3.63, 3.8) is 0 Å². The van der Waals surface area contributed by atoms with Gasteiger partial charge in [0.05, 0.1) is 11.4 Å². The molecule has 1 heterocycles. The first-order valence-electron chi connectivity index (χ1n) is 4.02. The van der Waals surface area contributed by atoms with Crippen LogP contribution in [0.25, 0.3) is 0 Å². The average Bonchev–Trinajstić information content (AvgIpc) is 2.07. The van der Waals surface area contributed by atoms with Gasteiger partial charge in [0.2, 0.25) is 0 Å². The minimum absolute atomic E-state index is 0.168.